The van der Waals surface area contributed by atoms with Crippen LogP contribution in [0.4, 0.5) is 10.3 Å². The second-order valence-electron chi connectivity index (χ2n) is 4.35. The minimum absolute atomic E-state index is 0.209. The normalized spacial score (nSPS) is 10.7. The summed E-state index contributed by atoms with van der Waals surface area (Å²) < 4.78 is 14.9. The van der Waals surface area contributed by atoms with E-state index in [4.69, 9.17) is 5.73 Å². The molecule has 0 saturated carbocycles. The van der Waals surface area contributed by atoms with Crippen LogP contribution in [-0.4, -0.2) is 19.7 Å². The molecule has 3 aromatic rings. The van der Waals surface area contributed by atoms with Gasteiger partial charge in [0.05, 0.1) is 17.1 Å². The molecule has 0 aliphatic rings. The quantitative estimate of drug-likeness (QED) is 0.775. The molecule has 0 amide bonds. The van der Waals surface area contributed by atoms with E-state index in [0.29, 0.717) is 11.4 Å². The van der Waals surface area contributed by atoms with Gasteiger partial charge in [0.2, 0.25) is 5.95 Å². The molecule has 0 atom stereocenters. The molecule has 0 aliphatic carbocycles. The highest BCUT2D eigenvalue weighted by Gasteiger charge is 2.10. The van der Waals surface area contributed by atoms with Crippen LogP contribution in [-0.2, 0) is 0 Å². The zero-order valence-corrected chi connectivity index (χ0v) is 10.8. The lowest BCUT2D eigenvalue weighted by Gasteiger charge is -2.00. The van der Waals surface area contributed by atoms with E-state index in [0.717, 1.165) is 11.3 Å². The number of anilines is 1. The topological polar surface area (TPSA) is 69.6 Å². The Labute approximate surface area is 114 Å². The summed E-state index contributed by atoms with van der Waals surface area (Å²) in [4.78, 5) is 8.03. The van der Waals surface area contributed by atoms with Gasteiger partial charge in [0.1, 0.15) is 5.82 Å². The van der Waals surface area contributed by atoms with E-state index < -0.39 is 0 Å². The zero-order chi connectivity index (χ0) is 14.1. The van der Waals surface area contributed by atoms with Gasteiger partial charge in [-0.3, -0.25) is 0 Å². The van der Waals surface area contributed by atoms with Crippen LogP contribution in [0.2, 0.25) is 0 Å². The number of nitrogen functional groups attached to an aromatic ring is 1. The Bertz CT molecular complexity index is 766. The highest BCUT2D eigenvalue weighted by atomic mass is 19.1. The van der Waals surface area contributed by atoms with E-state index in [2.05, 4.69) is 15.1 Å². The fourth-order valence-corrected chi connectivity index (χ4v) is 1.99. The average Bonchev–Trinajstić information content (AvgIpc) is 2.81. The van der Waals surface area contributed by atoms with Gasteiger partial charge in [-0.2, -0.15) is 5.10 Å². The van der Waals surface area contributed by atoms with Crippen LogP contribution in [0.3, 0.4) is 0 Å². The Morgan fingerprint density at radius 1 is 1.25 bits per heavy atom. The second-order valence-corrected chi connectivity index (χ2v) is 4.35. The van der Waals surface area contributed by atoms with Crippen LogP contribution in [0.25, 0.3) is 16.9 Å². The van der Waals surface area contributed by atoms with Gasteiger partial charge < -0.3 is 5.73 Å². The number of halogens is 1. The van der Waals surface area contributed by atoms with Crippen LogP contribution in [0.5, 0.6) is 0 Å². The highest BCUT2D eigenvalue weighted by molar-refractivity contribution is 5.62. The minimum Gasteiger partial charge on any atom is -0.368 e. The average molecular weight is 269 g/mol. The smallest absolute Gasteiger partial charge is 0.220 e. The highest BCUT2D eigenvalue weighted by Crippen LogP contribution is 2.22. The summed E-state index contributed by atoms with van der Waals surface area (Å²) in [6.45, 7) is 1.86. The molecule has 0 bridgehead atoms. The van der Waals surface area contributed by atoms with Crippen LogP contribution < -0.4 is 5.73 Å². The van der Waals surface area contributed by atoms with Crippen LogP contribution in [0, 0.1) is 12.7 Å². The monoisotopic (exact) mass is 269 g/mol. The zero-order valence-electron chi connectivity index (χ0n) is 10.8. The SMILES string of the molecule is Cc1nn(-c2cccc(F)c2)cc1-c1ccnc(N)n1. The van der Waals surface area contributed by atoms with E-state index in [9.17, 15) is 4.39 Å². The standard InChI is InChI=1S/C14H12FN5/c1-9-12(13-5-6-17-14(16)18-13)8-20(19-9)11-4-2-3-10(15)7-11/h2-8H,1H3,(H2,16,17,18). The van der Waals surface area contributed by atoms with E-state index in [1.54, 1.807) is 35.3 Å². The van der Waals surface area contributed by atoms with Gasteiger partial charge in [0.15, 0.2) is 0 Å². The van der Waals surface area contributed by atoms with E-state index in [1.807, 2.05) is 6.92 Å². The fourth-order valence-electron chi connectivity index (χ4n) is 1.99. The lowest BCUT2D eigenvalue weighted by atomic mass is 10.2. The number of aryl methyl sites for hydroxylation is 1. The van der Waals surface area contributed by atoms with E-state index >= 15 is 0 Å². The van der Waals surface area contributed by atoms with Crippen molar-refractivity contribution < 1.29 is 4.39 Å². The molecule has 0 radical (unpaired) electrons. The molecule has 2 heterocycles. The maximum atomic E-state index is 13.3. The van der Waals surface area contributed by atoms with Crippen LogP contribution in [0.15, 0.2) is 42.7 Å². The molecule has 0 unspecified atom stereocenters. The molecule has 100 valence electrons. The summed E-state index contributed by atoms with van der Waals surface area (Å²) >= 11 is 0. The molecule has 2 N–H and O–H groups in total. The molecular formula is C14H12FN5. The number of aromatic nitrogens is 4. The molecule has 5 nitrogen and oxygen atoms in total. The number of nitrogens with two attached hydrogens (primary N) is 1. The summed E-state index contributed by atoms with van der Waals surface area (Å²) in [5, 5.41) is 4.38. The predicted molar refractivity (Wildman–Crippen MR) is 73.7 cm³/mol. The van der Waals surface area contributed by atoms with Crippen LogP contribution >= 0.6 is 0 Å². The summed E-state index contributed by atoms with van der Waals surface area (Å²) in [5.41, 5.74) is 8.55. The molecule has 2 aromatic heterocycles. The van der Waals surface area contributed by atoms with Gasteiger partial charge in [-0.25, -0.2) is 19.0 Å². The van der Waals surface area contributed by atoms with Crippen molar-refractivity contribution in [2.24, 2.45) is 0 Å². The van der Waals surface area contributed by atoms with Crippen molar-refractivity contribution in [1.29, 1.82) is 0 Å². The van der Waals surface area contributed by atoms with Crippen molar-refractivity contribution in [3.63, 3.8) is 0 Å². The molecule has 20 heavy (non-hydrogen) atoms. The first-order valence-electron chi connectivity index (χ1n) is 6.04. The maximum absolute atomic E-state index is 13.3. The molecule has 1 aromatic carbocycles. The van der Waals surface area contributed by atoms with Crippen molar-refractivity contribution in [3.05, 3.63) is 54.2 Å². The number of hydrogen-bond acceptors (Lipinski definition) is 4. The summed E-state index contributed by atoms with van der Waals surface area (Å²) in [5.74, 6) is -0.0936. The number of benzene rings is 1. The molecule has 0 saturated heterocycles. The van der Waals surface area contributed by atoms with Gasteiger partial charge >= 0.3 is 0 Å². The van der Waals surface area contributed by atoms with Crippen molar-refractivity contribution in [1.82, 2.24) is 19.7 Å². The molecule has 0 spiro atoms. The predicted octanol–water partition coefficient (Wildman–Crippen LogP) is 2.36. The Hall–Kier alpha value is -2.76. The van der Waals surface area contributed by atoms with Gasteiger partial charge in [-0.15, -0.1) is 0 Å². The lowest BCUT2D eigenvalue weighted by molar-refractivity contribution is 0.625. The van der Waals surface area contributed by atoms with Gasteiger partial charge in [-0.1, -0.05) is 6.07 Å². The Morgan fingerprint density at radius 3 is 2.85 bits per heavy atom. The Morgan fingerprint density at radius 2 is 2.10 bits per heavy atom. The third kappa shape index (κ3) is 2.23. The molecule has 0 fully saturated rings. The first-order valence-corrected chi connectivity index (χ1v) is 6.04. The lowest BCUT2D eigenvalue weighted by Crippen LogP contribution is -1.95. The van der Waals surface area contributed by atoms with Crippen molar-refractivity contribution in [3.8, 4) is 16.9 Å². The van der Waals surface area contributed by atoms with E-state index in [-0.39, 0.29) is 11.8 Å². The summed E-state index contributed by atoms with van der Waals surface area (Å²) in [7, 11) is 0. The number of nitrogens with zero attached hydrogens (tertiary/aromatic N) is 4. The minimum atomic E-state index is -0.302. The summed E-state index contributed by atoms with van der Waals surface area (Å²) in [6.07, 6.45) is 3.39. The third-order valence-corrected chi connectivity index (χ3v) is 2.92. The van der Waals surface area contributed by atoms with Gasteiger partial charge in [0.25, 0.3) is 0 Å². The van der Waals surface area contributed by atoms with Crippen LogP contribution in [0.1, 0.15) is 5.69 Å². The first kappa shape index (κ1) is 12.3. The Kier molecular flexibility index (Phi) is 2.90. The molecule has 6 heteroatoms. The van der Waals surface area contributed by atoms with Gasteiger partial charge in [-0.05, 0) is 31.2 Å². The van der Waals surface area contributed by atoms with Crippen molar-refractivity contribution >= 4 is 5.95 Å². The molecular weight excluding hydrogens is 257 g/mol. The maximum Gasteiger partial charge on any atom is 0.220 e. The third-order valence-electron chi connectivity index (χ3n) is 2.92. The first-order chi connectivity index (χ1) is 9.63. The van der Waals surface area contributed by atoms with Crippen molar-refractivity contribution in [2.45, 2.75) is 6.92 Å². The summed E-state index contributed by atoms with van der Waals surface area (Å²) in [6, 6.07) is 8.00. The number of rotatable bonds is 2. The second kappa shape index (κ2) is 4.73. The number of hydrogen-bond donors (Lipinski definition) is 1. The largest absolute Gasteiger partial charge is 0.368 e. The molecule has 0 aliphatic heterocycles. The van der Waals surface area contributed by atoms with Gasteiger partial charge in [0, 0.05) is 18.0 Å². The Balaban J connectivity index is 2.08. The molecule has 3 rings (SSSR count). The fraction of sp³-hybridized carbons (Fsp3) is 0.0714. The van der Waals surface area contributed by atoms with Crippen molar-refractivity contribution in [2.75, 3.05) is 5.73 Å². The van der Waals surface area contributed by atoms with E-state index in [1.165, 1.54) is 12.1 Å².